The first-order chi connectivity index (χ1) is 11.5. The van der Waals surface area contributed by atoms with Crippen LogP contribution in [0, 0.1) is 6.92 Å². The maximum atomic E-state index is 12.1. The summed E-state index contributed by atoms with van der Waals surface area (Å²) >= 11 is 16.2. The summed E-state index contributed by atoms with van der Waals surface area (Å²) in [5, 5.41) is 14.4. The normalized spacial score (nSPS) is 10.8. The van der Waals surface area contributed by atoms with Crippen LogP contribution in [0.3, 0.4) is 0 Å². The summed E-state index contributed by atoms with van der Waals surface area (Å²) in [7, 11) is 0. The number of thiophene rings is 1. The van der Waals surface area contributed by atoms with Crippen molar-refractivity contribution in [2.75, 3.05) is 5.32 Å². The number of nitrogens with one attached hydrogen (secondary N) is 1. The van der Waals surface area contributed by atoms with Crippen molar-refractivity contribution in [1.29, 1.82) is 0 Å². The van der Waals surface area contributed by atoms with Gasteiger partial charge in [-0.1, -0.05) is 52.4 Å². The number of aromatic nitrogens is 2. The number of halogens is 2. The Bertz CT molecular complexity index is 878. The van der Waals surface area contributed by atoms with E-state index in [9.17, 15) is 4.79 Å². The third kappa shape index (κ3) is 4.49. The molecule has 0 bridgehead atoms. The van der Waals surface area contributed by atoms with E-state index in [4.69, 9.17) is 23.2 Å². The van der Waals surface area contributed by atoms with Crippen LogP contribution in [0.5, 0.6) is 0 Å². The molecule has 0 saturated heterocycles. The Kier molecular flexibility index (Phi) is 5.78. The van der Waals surface area contributed by atoms with Crippen LogP contribution in [0.15, 0.2) is 34.0 Å². The maximum absolute atomic E-state index is 12.1. The molecule has 0 atom stereocenters. The zero-order chi connectivity index (χ0) is 17.1. The van der Waals surface area contributed by atoms with Gasteiger partial charge in [0.1, 0.15) is 0 Å². The lowest BCUT2D eigenvalue weighted by molar-refractivity contribution is 0.103. The van der Waals surface area contributed by atoms with Crippen molar-refractivity contribution >= 4 is 68.7 Å². The third-order valence-electron chi connectivity index (χ3n) is 2.93. The van der Waals surface area contributed by atoms with E-state index in [0.717, 1.165) is 15.5 Å². The Morgan fingerprint density at radius 2 is 2.08 bits per heavy atom. The van der Waals surface area contributed by atoms with Gasteiger partial charge in [0.15, 0.2) is 4.34 Å². The molecule has 124 valence electrons. The second-order valence-electron chi connectivity index (χ2n) is 4.85. The van der Waals surface area contributed by atoms with Gasteiger partial charge < -0.3 is 0 Å². The van der Waals surface area contributed by atoms with Gasteiger partial charge in [-0.2, -0.15) is 0 Å². The molecule has 9 heteroatoms. The molecule has 0 aliphatic carbocycles. The fraction of sp³-hybridized carbons (Fsp3) is 0.133. The molecule has 0 aliphatic rings. The quantitative estimate of drug-likeness (QED) is 0.425. The highest BCUT2D eigenvalue weighted by Gasteiger charge is 2.12. The standard InChI is InChI=1S/C15H11Cl2N3OS3/c1-8-4-12(22-6-8)13(21)18-14-19-20-15(24-14)23-7-9-2-3-10(16)11(17)5-9/h2-6H,7H2,1H3,(H,18,19,21). The number of hydrogen-bond acceptors (Lipinski definition) is 6. The lowest BCUT2D eigenvalue weighted by Crippen LogP contribution is -2.09. The molecule has 0 fully saturated rings. The van der Waals surface area contributed by atoms with Crippen molar-refractivity contribution in [3.63, 3.8) is 0 Å². The van der Waals surface area contributed by atoms with E-state index in [1.807, 2.05) is 30.5 Å². The molecule has 2 heterocycles. The largest absolute Gasteiger partial charge is 0.296 e. The highest BCUT2D eigenvalue weighted by molar-refractivity contribution is 8.00. The predicted octanol–water partition coefficient (Wildman–Crippen LogP) is 5.76. The van der Waals surface area contributed by atoms with Gasteiger partial charge in [-0.25, -0.2) is 0 Å². The summed E-state index contributed by atoms with van der Waals surface area (Å²) in [6.07, 6.45) is 0. The zero-order valence-electron chi connectivity index (χ0n) is 12.4. The molecule has 4 nitrogen and oxygen atoms in total. The smallest absolute Gasteiger partial charge is 0.267 e. The zero-order valence-corrected chi connectivity index (χ0v) is 16.3. The van der Waals surface area contributed by atoms with E-state index < -0.39 is 0 Å². The first kappa shape index (κ1) is 17.7. The summed E-state index contributed by atoms with van der Waals surface area (Å²) in [4.78, 5) is 12.7. The monoisotopic (exact) mass is 415 g/mol. The van der Waals surface area contributed by atoms with Crippen molar-refractivity contribution in [1.82, 2.24) is 10.2 Å². The van der Waals surface area contributed by atoms with Crippen LogP contribution in [-0.2, 0) is 5.75 Å². The molecular formula is C15H11Cl2N3OS3. The summed E-state index contributed by atoms with van der Waals surface area (Å²) in [5.74, 6) is 0.536. The van der Waals surface area contributed by atoms with Crippen molar-refractivity contribution in [3.8, 4) is 0 Å². The summed E-state index contributed by atoms with van der Waals surface area (Å²) in [6.45, 7) is 1.95. The molecule has 0 saturated carbocycles. The number of aryl methyl sites for hydroxylation is 1. The second kappa shape index (κ2) is 7.84. The molecule has 1 aromatic carbocycles. The number of amides is 1. The number of nitrogens with zero attached hydrogens (tertiary/aromatic N) is 2. The van der Waals surface area contributed by atoms with Crippen LogP contribution in [0.25, 0.3) is 0 Å². The van der Waals surface area contributed by atoms with Gasteiger partial charge in [0, 0.05) is 5.75 Å². The average molecular weight is 416 g/mol. The van der Waals surface area contributed by atoms with E-state index in [-0.39, 0.29) is 5.91 Å². The molecule has 3 aromatic rings. The summed E-state index contributed by atoms with van der Waals surface area (Å²) < 4.78 is 0.777. The molecule has 2 aromatic heterocycles. The maximum Gasteiger partial charge on any atom is 0.267 e. The first-order valence-electron chi connectivity index (χ1n) is 6.78. The van der Waals surface area contributed by atoms with Crippen molar-refractivity contribution in [3.05, 3.63) is 55.7 Å². The first-order valence-corrected chi connectivity index (χ1v) is 10.2. The highest BCUT2D eigenvalue weighted by Crippen LogP contribution is 2.30. The number of thioether (sulfide) groups is 1. The van der Waals surface area contributed by atoms with Gasteiger partial charge >= 0.3 is 0 Å². The van der Waals surface area contributed by atoms with Crippen LogP contribution in [0.1, 0.15) is 20.8 Å². The molecule has 3 rings (SSSR count). The summed E-state index contributed by atoms with van der Waals surface area (Å²) in [5.41, 5.74) is 2.12. The van der Waals surface area contributed by atoms with Crippen molar-refractivity contribution in [2.45, 2.75) is 17.0 Å². The van der Waals surface area contributed by atoms with Crippen LogP contribution in [-0.4, -0.2) is 16.1 Å². The van der Waals surface area contributed by atoms with Crippen LogP contribution >= 0.6 is 57.6 Å². The molecule has 1 N–H and O–H groups in total. The van der Waals surface area contributed by atoms with Gasteiger partial charge in [0.2, 0.25) is 5.13 Å². The number of anilines is 1. The molecular weight excluding hydrogens is 405 g/mol. The van der Waals surface area contributed by atoms with E-state index in [2.05, 4.69) is 15.5 Å². The number of hydrogen-bond donors (Lipinski definition) is 1. The molecule has 0 spiro atoms. The Labute approximate surface area is 161 Å². The van der Waals surface area contributed by atoms with Crippen molar-refractivity contribution < 1.29 is 4.79 Å². The Morgan fingerprint density at radius 1 is 1.25 bits per heavy atom. The van der Waals surface area contributed by atoms with E-state index in [1.165, 1.54) is 34.4 Å². The minimum atomic E-state index is -0.162. The van der Waals surface area contributed by atoms with E-state index in [1.54, 1.807) is 6.07 Å². The topological polar surface area (TPSA) is 54.9 Å². The fourth-order valence-electron chi connectivity index (χ4n) is 1.80. The van der Waals surface area contributed by atoms with E-state index in [0.29, 0.717) is 25.8 Å². The SMILES string of the molecule is Cc1csc(C(=O)Nc2nnc(SCc3ccc(Cl)c(Cl)c3)s2)c1. The van der Waals surface area contributed by atoms with E-state index >= 15 is 0 Å². The third-order valence-corrected chi connectivity index (χ3v) is 6.76. The van der Waals surface area contributed by atoms with Gasteiger partial charge in [0.05, 0.1) is 14.9 Å². The second-order valence-corrected chi connectivity index (χ2v) is 8.78. The molecule has 24 heavy (non-hydrogen) atoms. The van der Waals surface area contributed by atoms with Crippen LogP contribution < -0.4 is 5.32 Å². The lowest BCUT2D eigenvalue weighted by Gasteiger charge is -2.01. The molecule has 1 amide bonds. The fourth-order valence-corrected chi connectivity index (χ4v) is 4.61. The minimum Gasteiger partial charge on any atom is -0.296 e. The number of carbonyl (C=O) groups is 1. The average Bonchev–Trinajstić information content (AvgIpc) is 3.17. The van der Waals surface area contributed by atoms with Gasteiger partial charge in [-0.3, -0.25) is 10.1 Å². The lowest BCUT2D eigenvalue weighted by atomic mass is 10.2. The molecule has 0 aliphatic heterocycles. The summed E-state index contributed by atoms with van der Waals surface area (Å²) in [6, 6.07) is 7.37. The van der Waals surface area contributed by atoms with Gasteiger partial charge in [0.25, 0.3) is 5.91 Å². The van der Waals surface area contributed by atoms with Crippen LogP contribution in [0.2, 0.25) is 10.0 Å². The van der Waals surface area contributed by atoms with Gasteiger partial charge in [-0.15, -0.1) is 21.5 Å². The molecule has 0 radical (unpaired) electrons. The van der Waals surface area contributed by atoms with Crippen LogP contribution in [0.4, 0.5) is 5.13 Å². The highest BCUT2D eigenvalue weighted by atomic mass is 35.5. The minimum absolute atomic E-state index is 0.162. The number of benzene rings is 1. The number of rotatable bonds is 5. The molecule has 0 unspecified atom stereocenters. The Morgan fingerprint density at radius 3 is 2.79 bits per heavy atom. The Balaban J connectivity index is 1.59. The van der Waals surface area contributed by atoms with Crippen molar-refractivity contribution in [2.24, 2.45) is 0 Å². The predicted molar refractivity (Wildman–Crippen MR) is 103 cm³/mol. The number of carbonyl (C=O) groups excluding carboxylic acids is 1. The Hall–Kier alpha value is -1.12. The van der Waals surface area contributed by atoms with Gasteiger partial charge in [-0.05, 0) is 41.6 Å².